The van der Waals surface area contributed by atoms with Crippen molar-refractivity contribution < 1.29 is 14.0 Å². The molecule has 1 fully saturated rings. The summed E-state index contributed by atoms with van der Waals surface area (Å²) in [5.74, 6) is 1.23. The second-order valence-corrected chi connectivity index (χ2v) is 7.54. The fraction of sp³-hybridized carbons (Fsp3) is 0.476. The van der Waals surface area contributed by atoms with Gasteiger partial charge in [-0.3, -0.25) is 9.59 Å². The minimum Gasteiger partial charge on any atom is -0.445 e. The van der Waals surface area contributed by atoms with E-state index in [9.17, 15) is 9.59 Å². The molecule has 3 rings (SSSR count). The maximum absolute atomic E-state index is 12.8. The van der Waals surface area contributed by atoms with Gasteiger partial charge < -0.3 is 14.2 Å². The number of carbonyl (C=O) groups excluding carboxylic acids is 2. The van der Waals surface area contributed by atoms with E-state index in [1.165, 1.54) is 4.90 Å². The Labute approximate surface area is 160 Å². The van der Waals surface area contributed by atoms with E-state index in [1.54, 1.807) is 21.0 Å². The van der Waals surface area contributed by atoms with E-state index in [2.05, 4.69) is 4.98 Å². The van der Waals surface area contributed by atoms with Crippen LogP contribution in [0.2, 0.25) is 0 Å². The lowest BCUT2D eigenvalue weighted by Crippen LogP contribution is -2.38. The average Bonchev–Trinajstić information content (AvgIpc) is 3.02. The summed E-state index contributed by atoms with van der Waals surface area (Å²) >= 11 is 0. The zero-order valence-electron chi connectivity index (χ0n) is 16.7. The molecule has 2 heterocycles. The topological polar surface area (TPSA) is 66.7 Å². The molecule has 6 heteroatoms. The number of aryl methyl sites for hydroxylation is 3. The molecular formula is C21H27N3O3. The Morgan fingerprint density at radius 3 is 2.41 bits per heavy atom. The van der Waals surface area contributed by atoms with Crippen LogP contribution in [0, 0.1) is 20.8 Å². The zero-order chi connectivity index (χ0) is 19.7. The van der Waals surface area contributed by atoms with Crippen molar-refractivity contribution in [3.8, 4) is 0 Å². The highest BCUT2D eigenvalue weighted by atomic mass is 16.4. The molecule has 1 saturated heterocycles. The minimum atomic E-state index is -0.148. The van der Waals surface area contributed by atoms with Gasteiger partial charge >= 0.3 is 0 Å². The monoisotopic (exact) mass is 369 g/mol. The highest BCUT2D eigenvalue weighted by Gasteiger charge is 2.29. The van der Waals surface area contributed by atoms with Gasteiger partial charge in [0.25, 0.3) is 11.8 Å². The second-order valence-electron chi connectivity index (χ2n) is 7.54. The Morgan fingerprint density at radius 1 is 1.15 bits per heavy atom. The molecule has 0 aliphatic carbocycles. The van der Waals surface area contributed by atoms with E-state index in [4.69, 9.17) is 4.42 Å². The van der Waals surface area contributed by atoms with E-state index in [0.717, 1.165) is 29.5 Å². The first kappa shape index (κ1) is 19.1. The van der Waals surface area contributed by atoms with E-state index >= 15 is 0 Å². The zero-order valence-corrected chi connectivity index (χ0v) is 16.7. The standard InChI is InChI=1S/C21H27N3O3/c1-13-6-7-17(14(2)12-13)20(25)24-10-8-16(9-11-24)19-22-18(15(3)27-19)21(26)23(4)5/h6-7,12,16H,8-11H2,1-5H3. The van der Waals surface area contributed by atoms with Crippen LogP contribution in [0.5, 0.6) is 0 Å². The van der Waals surface area contributed by atoms with Crippen molar-refractivity contribution in [2.45, 2.75) is 39.5 Å². The van der Waals surface area contributed by atoms with Crippen LogP contribution in [0.4, 0.5) is 0 Å². The van der Waals surface area contributed by atoms with Crippen molar-refractivity contribution in [2.75, 3.05) is 27.2 Å². The lowest BCUT2D eigenvalue weighted by atomic mass is 9.95. The quantitative estimate of drug-likeness (QED) is 0.832. The van der Waals surface area contributed by atoms with Crippen LogP contribution in [-0.2, 0) is 0 Å². The van der Waals surface area contributed by atoms with Crippen molar-refractivity contribution in [3.05, 3.63) is 52.2 Å². The molecular weight excluding hydrogens is 342 g/mol. The Bertz CT molecular complexity index is 862. The van der Waals surface area contributed by atoms with Crippen LogP contribution < -0.4 is 0 Å². The number of nitrogens with zero attached hydrogens (tertiary/aromatic N) is 3. The van der Waals surface area contributed by atoms with Gasteiger partial charge in [-0.2, -0.15) is 0 Å². The van der Waals surface area contributed by atoms with Gasteiger partial charge in [0.15, 0.2) is 11.6 Å². The molecule has 1 aromatic carbocycles. The van der Waals surface area contributed by atoms with Gasteiger partial charge in [-0.15, -0.1) is 0 Å². The highest BCUT2D eigenvalue weighted by molar-refractivity contribution is 5.95. The summed E-state index contributed by atoms with van der Waals surface area (Å²) < 4.78 is 5.78. The largest absolute Gasteiger partial charge is 0.445 e. The molecule has 1 aliphatic rings. The summed E-state index contributed by atoms with van der Waals surface area (Å²) in [5.41, 5.74) is 3.32. The third kappa shape index (κ3) is 3.89. The van der Waals surface area contributed by atoms with Gasteiger partial charge in [0, 0.05) is 38.7 Å². The van der Waals surface area contributed by atoms with Gasteiger partial charge in [0.1, 0.15) is 5.76 Å². The van der Waals surface area contributed by atoms with E-state index in [1.807, 2.05) is 36.9 Å². The number of benzene rings is 1. The molecule has 0 radical (unpaired) electrons. The van der Waals surface area contributed by atoms with Gasteiger partial charge in [0.2, 0.25) is 0 Å². The molecule has 1 aliphatic heterocycles. The first-order valence-electron chi connectivity index (χ1n) is 9.33. The van der Waals surface area contributed by atoms with E-state index < -0.39 is 0 Å². The Kier molecular flexibility index (Phi) is 5.35. The smallest absolute Gasteiger partial charge is 0.275 e. The van der Waals surface area contributed by atoms with Crippen LogP contribution in [0.15, 0.2) is 22.6 Å². The summed E-state index contributed by atoms with van der Waals surface area (Å²) in [5, 5.41) is 0. The normalized spacial score (nSPS) is 15.1. The summed E-state index contributed by atoms with van der Waals surface area (Å²) in [4.78, 5) is 32.8. The lowest BCUT2D eigenvalue weighted by molar-refractivity contribution is 0.0705. The lowest BCUT2D eigenvalue weighted by Gasteiger charge is -2.31. The number of likely N-dealkylation sites (tertiary alicyclic amines) is 1. The first-order valence-corrected chi connectivity index (χ1v) is 9.33. The molecule has 0 unspecified atom stereocenters. The van der Waals surface area contributed by atoms with Gasteiger partial charge in [-0.25, -0.2) is 4.98 Å². The summed E-state index contributed by atoms with van der Waals surface area (Å²) in [7, 11) is 3.40. The molecule has 1 aromatic heterocycles. The summed E-state index contributed by atoms with van der Waals surface area (Å²) in [6.45, 7) is 7.10. The molecule has 0 atom stereocenters. The second kappa shape index (κ2) is 7.55. The van der Waals surface area contributed by atoms with Crippen LogP contribution in [0.25, 0.3) is 0 Å². The predicted octanol–water partition coefficient (Wildman–Crippen LogP) is 3.32. The first-order chi connectivity index (χ1) is 12.8. The molecule has 0 spiro atoms. The van der Waals surface area contributed by atoms with Crippen LogP contribution in [0.1, 0.15) is 62.4 Å². The number of hydrogen-bond donors (Lipinski definition) is 0. The fourth-order valence-corrected chi connectivity index (χ4v) is 3.56. The Morgan fingerprint density at radius 2 is 1.81 bits per heavy atom. The fourth-order valence-electron chi connectivity index (χ4n) is 3.56. The number of hydrogen-bond acceptors (Lipinski definition) is 4. The number of rotatable bonds is 3. The summed E-state index contributed by atoms with van der Waals surface area (Å²) in [6.07, 6.45) is 1.57. The maximum Gasteiger partial charge on any atom is 0.275 e. The van der Waals surface area contributed by atoms with Crippen molar-refractivity contribution >= 4 is 11.8 Å². The van der Waals surface area contributed by atoms with Gasteiger partial charge in [0.05, 0.1) is 0 Å². The predicted molar refractivity (Wildman–Crippen MR) is 103 cm³/mol. The van der Waals surface area contributed by atoms with Gasteiger partial charge in [-0.1, -0.05) is 17.7 Å². The number of amides is 2. The van der Waals surface area contributed by atoms with Crippen molar-refractivity contribution in [1.29, 1.82) is 0 Å². The SMILES string of the molecule is Cc1ccc(C(=O)N2CCC(c3nc(C(=O)N(C)C)c(C)o3)CC2)c(C)c1. The molecule has 2 amide bonds. The van der Waals surface area contributed by atoms with Crippen LogP contribution in [-0.4, -0.2) is 53.8 Å². The van der Waals surface area contributed by atoms with Crippen molar-refractivity contribution in [2.24, 2.45) is 0 Å². The molecule has 2 aromatic rings. The molecule has 0 saturated carbocycles. The summed E-state index contributed by atoms with van der Waals surface area (Å²) in [6, 6.07) is 5.93. The number of oxazole rings is 1. The van der Waals surface area contributed by atoms with Crippen LogP contribution >= 0.6 is 0 Å². The third-order valence-corrected chi connectivity index (χ3v) is 5.17. The molecule has 0 N–H and O–H groups in total. The number of aromatic nitrogens is 1. The molecule has 6 nitrogen and oxygen atoms in total. The van der Waals surface area contributed by atoms with Crippen LogP contribution in [0.3, 0.4) is 0 Å². The molecule has 27 heavy (non-hydrogen) atoms. The van der Waals surface area contributed by atoms with Crippen molar-refractivity contribution in [1.82, 2.24) is 14.8 Å². The van der Waals surface area contributed by atoms with Gasteiger partial charge in [-0.05, 0) is 45.2 Å². The third-order valence-electron chi connectivity index (χ3n) is 5.17. The number of carbonyl (C=O) groups is 2. The van der Waals surface area contributed by atoms with E-state index in [0.29, 0.717) is 30.4 Å². The van der Waals surface area contributed by atoms with E-state index in [-0.39, 0.29) is 17.7 Å². The highest BCUT2D eigenvalue weighted by Crippen LogP contribution is 2.30. The van der Waals surface area contributed by atoms with Crippen molar-refractivity contribution in [3.63, 3.8) is 0 Å². The molecule has 0 bridgehead atoms. The number of piperidine rings is 1. The Balaban J connectivity index is 1.68. The molecule has 144 valence electrons. The average molecular weight is 369 g/mol. The minimum absolute atomic E-state index is 0.0815. The Hall–Kier alpha value is -2.63. The maximum atomic E-state index is 12.8.